The molecule has 0 saturated carbocycles. The molecule has 0 spiro atoms. The molecule has 1 rings (SSSR count). The number of carbonyl (C=O) groups is 1. The summed E-state index contributed by atoms with van der Waals surface area (Å²) in [6, 6.07) is 5.00. The van der Waals surface area contributed by atoms with Crippen LogP contribution in [0.25, 0.3) is 0 Å². The zero-order valence-corrected chi connectivity index (χ0v) is 11.3. The van der Waals surface area contributed by atoms with Gasteiger partial charge in [0.25, 0.3) is 0 Å². The second kappa shape index (κ2) is 6.40. The Morgan fingerprint density at radius 3 is 2.50 bits per heavy atom. The molecule has 1 aromatic rings. The molecule has 0 aromatic heterocycles. The summed E-state index contributed by atoms with van der Waals surface area (Å²) in [6.45, 7) is 6.67. The van der Waals surface area contributed by atoms with Crippen LogP contribution in [0.5, 0.6) is 5.75 Å². The maximum atomic E-state index is 10.9. The van der Waals surface area contributed by atoms with E-state index in [1.54, 1.807) is 18.2 Å². The summed E-state index contributed by atoms with van der Waals surface area (Å²) >= 11 is 0. The number of hydrogen-bond acceptors (Lipinski definition) is 3. The van der Waals surface area contributed by atoms with Crippen molar-refractivity contribution >= 4 is 5.97 Å². The minimum atomic E-state index is -0.991. The standard InChI is InChI=1S/C14H20O4/c1-9(2)10(3)18-8-11-5-6-12(14(15)16)13(7-11)17-4/h5-7,9-10H,8H2,1-4H3,(H,15,16). The van der Waals surface area contributed by atoms with Crippen molar-refractivity contribution in [1.82, 2.24) is 0 Å². The average Bonchev–Trinajstić information content (AvgIpc) is 2.34. The molecule has 1 N–H and O–H groups in total. The van der Waals surface area contributed by atoms with Gasteiger partial charge in [0.1, 0.15) is 11.3 Å². The second-order valence-electron chi connectivity index (χ2n) is 4.60. The number of ether oxygens (including phenoxy) is 2. The lowest BCUT2D eigenvalue weighted by Crippen LogP contribution is -2.15. The van der Waals surface area contributed by atoms with Crippen LogP contribution in [-0.2, 0) is 11.3 Å². The third kappa shape index (κ3) is 3.74. The van der Waals surface area contributed by atoms with Gasteiger partial charge in [-0.05, 0) is 30.5 Å². The van der Waals surface area contributed by atoms with Crippen molar-refractivity contribution in [1.29, 1.82) is 0 Å². The summed E-state index contributed by atoms with van der Waals surface area (Å²) in [5, 5.41) is 8.97. The molecule has 4 heteroatoms. The molecule has 0 fully saturated rings. The Morgan fingerprint density at radius 1 is 1.33 bits per heavy atom. The Balaban J connectivity index is 2.77. The minimum Gasteiger partial charge on any atom is -0.496 e. The number of rotatable bonds is 6. The molecule has 100 valence electrons. The van der Waals surface area contributed by atoms with Crippen molar-refractivity contribution in [2.45, 2.75) is 33.5 Å². The van der Waals surface area contributed by atoms with Crippen LogP contribution >= 0.6 is 0 Å². The van der Waals surface area contributed by atoms with Crippen molar-refractivity contribution in [3.8, 4) is 5.75 Å². The third-order valence-corrected chi connectivity index (χ3v) is 2.95. The van der Waals surface area contributed by atoms with Crippen LogP contribution in [0, 0.1) is 5.92 Å². The highest BCUT2D eigenvalue weighted by molar-refractivity contribution is 5.90. The van der Waals surface area contributed by atoms with E-state index in [-0.39, 0.29) is 11.7 Å². The van der Waals surface area contributed by atoms with Gasteiger partial charge in [-0.1, -0.05) is 19.9 Å². The van der Waals surface area contributed by atoms with Crippen molar-refractivity contribution in [3.05, 3.63) is 29.3 Å². The predicted molar refractivity (Wildman–Crippen MR) is 69.0 cm³/mol. The first kappa shape index (κ1) is 14.5. The van der Waals surface area contributed by atoms with E-state index in [0.29, 0.717) is 18.3 Å². The van der Waals surface area contributed by atoms with E-state index in [2.05, 4.69) is 13.8 Å². The Kier molecular flexibility index (Phi) is 5.16. The fraction of sp³-hybridized carbons (Fsp3) is 0.500. The summed E-state index contributed by atoms with van der Waals surface area (Å²) in [5.74, 6) is -0.180. The van der Waals surface area contributed by atoms with Gasteiger partial charge < -0.3 is 14.6 Å². The van der Waals surface area contributed by atoms with E-state index in [1.807, 2.05) is 6.92 Å². The van der Waals surface area contributed by atoms with Crippen molar-refractivity contribution in [3.63, 3.8) is 0 Å². The molecule has 1 aromatic carbocycles. The lowest BCUT2D eigenvalue weighted by atomic mass is 10.1. The Hall–Kier alpha value is -1.55. The molecule has 0 amide bonds. The normalized spacial score (nSPS) is 12.5. The molecule has 0 bridgehead atoms. The second-order valence-corrected chi connectivity index (χ2v) is 4.60. The summed E-state index contributed by atoms with van der Waals surface area (Å²) in [5.41, 5.74) is 1.07. The molecule has 0 heterocycles. The number of aromatic carboxylic acids is 1. The van der Waals surface area contributed by atoms with Gasteiger partial charge in [0.15, 0.2) is 0 Å². The Labute approximate surface area is 108 Å². The summed E-state index contributed by atoms with van der Waals surface area (Å²) in [4.78, 5) is 10.9. The van der Waals surface area contributed by atoms with Gasteiger partial charge >= 0.3 is 5.97 Å². The molecular weight excluding hydrogens is 232 g/mol. The van der Waals surface area contributed by atoms with Gasteiger partial charge in [-0.15, -0.1) is 0 Å². The molecule has 0 radical (unpaired) electrons. The van der Waals surface area contributed by atoms with Gasteiger partial charge in [0.05, 0.1) is 19.8 Å². The highest BCUT2D eigenvalue weighted by atomic mass is 16.5. The molecule has 0 aliphatic heterocycles. The summed E-state index contributed by atoms with van der Waals surface area (Å²) < 4.78 is 10.8. The molecule has 1 atom stereocenters. The first-order chi connectivity index (χ1) is 8.45. The predicted octanol–water partition coefficient (Wildman–Crippen LogP) is 2.95. The molecule has 0 aliphatic rings. The van der Waals surface area contributed by atoms with E-state index >= 15 is 0 Å². The number of hydrogen-bond donors (Lipinski definition) is 1. The van der Waals surface area contributed by atoms with Gasteiger partial charge in [-0.25, -0.2) is 4.79 Å². The van der Waals surface area contributed by atoms with E-state index in [4.69, 9.17) is 14.6 Å². The number of carboxylic acid groups (broad SMARTS) is 1. The fourth-order valence-corrected chi connectivity index (χ4v) is 1.42. The maximum Gasteiger partial charge on any atom is 0.339 e. The monoisotopic (exact) mass is 252 g/mol. The maximum absolute atomic E-state index is 10.9. The van der Waals surface area contributed by atoms with E-state index in [0.717, 1.165) is 5.56 Å². The van der Waals surface area contributed by atoms with Gasteiger partial charge in [-0.3, -0.25) is 0 Å². The van der Waals surface area contributed by atoms with Gasteiger partial charge in [0, 0.05) is 0 Å². The Bertz CT molecular complexity index is 412. The zero-order chi connectivity index (χ0) is 13.7. The highest BCUT2D eigenvalue weighted by Crippen LogP contribution is 2.21. The SMILES string of the molecule is COc1cc(COC(C)C(C)C)ccc1C(=O)O. The molecular formula is C14H20O4. The lowest BCUT2D eigenvalue weighted by molar-refractivity contribution is 0.0234. The van der Waals surface area contributed by atoms with Crippen LogP contribution in [-0.4, -0.2) is 24.3 Å². The van der Waals surface area contributed by atoms with Crippen LogP contribution in [0.15, 0.2) is 18.2 Å². The summed E-state index contributed by atoms with van der Waals surface area (Å²) in [7, 11) is 1.46. The quantitative estimate of drug-likeness (QED) is 0.845. The van der Waals surface area contributed by atoms with Crippen molar-refractivity contribution in [2.24, 2.45) is 5.92 Å². The largest absolute Gasteiger partial charge is 0.496 e. The van der Waals surface area contributed by atoms with Gasteiger partial charge in [-0.2, -0.15) is 0 Å². The zero-order valence-electron chi connectivity index (χ0n) is 11.3. The average molecular weight is 252 g/mol. The van der Waals surface area contributed by atoms with Gasteiger partial charge in [0.2, 0.25) is 0 Å². The van der Waals surface area contributed by atoms with Crippen LogP contribution in [0.3, 0.4) is 0 Å². The van der Waals surface area contributed by atoms with E-state index in [1.165, 1.54) is 7.11 Å². The third-order valence-electron chi connectivity index (χ3n) is 2.95. The van der Waals surface area contributed by atoms with Crippen LogP contribution in [0.4, 0.5) is 0 Å². The van der Waals surface area contributed by atoms with Crippen molar-refractivity contribution in [2.75, 3.05) is 7.11 Å². The minimum absolute atomic E-state index is 0.162. The molecule has 0 saturated heterocycles. The van der Waals surface area contributed by atoms with Crippen LogP contribution in [0.2, 0.25) is 0 Å². The Morgan fingerprint density at radius 2 is 2.00 bits per heavy atom. The fourth-order valence-electron chi connectivity index (χ4n) is 1.42. The number of benzene rings is 1. The summed E-state index contributed by atoms with van der Waals surface area (Å²) in [6.07, 6.45) is 0.162. The highest BCUT2D eigenvalue weighted by Gasteiger charge is 2.12. The smallest absolute Gasteiger partial charge is 0.339 e. The van der Waals surface area contributed by atoms with E-state index < -0.39 is 5.97 Å². The molecule has 18 heavy (non-hydrogen) atoms. The van der Waals surface area contributed by atoms with E-state index in [9.17, 15) is 4.79 Å². The van der Waals surface area contributed by atoms with Crippen LogP contribution < -0.4 is 4.74 Å². The topological polar surface area (TPSA) is 55.8 Å². The lowest BCUT2D eigenvalue weighted by Gasteiger charge is -2.17. The molecule has 1 unspecified atom stereocenters. The first-order valence-electron chi connectivity index (χ1n) is 5.97. The number of methoxy groups -OCH3 is 1. The first-order valence-corrected chi connectivity index (χ1v) is 5.97. The van der Waals surface area contributed by atoms with Crippen molar-refractivity contribution < 1.29 is 19.4 Å². The van der Waals surface area contributed by atoms with Crippen LogP contribution in [0.1, 0.15) is 36.7 Å². The molecule has 4 nitrogen and oxygen atoms in total. The molecule has 0 aliphatic carbocycles. The number of carboxylic acids is 1.